The second kappa shape index (κ2) is 11.1. The molecule has 0 atom stereocenters. The predicted molar refractivity (Wildman–Crippen MR) is 219 cm³/mol. The van der Waals surface area contributed by atoms with Crippen molar-refractivity contribution in [3.63, 3.8) is 0 Å². The number of hydrogen-bond donors (Lipinski definition) is 0. The van der Waals surface area contributed by atoms with Crippen LogP contribution in [0, 0.1) is 0 Å². The Labute approximate surface area is 293 Å². The minimum absolute atomic E-state index is 0.0368. The molecule has 0 radical (unpaired) electrons. The summed E-state index contributed by atoms with van der Waals surface area (Å²) >= 11 is 0. The highest BCUT2D eigenvalue weighted by atomic mass is 16.1. The third-order valence-corrected chi connectivity index (χ3v) is 10.7. The van der Waals surface area contributed by atoms with Gasteiger partial charge >= 0.3 is 0 Å². The lowest BCUT2D eigenvalue weighted by Gasteiger charge is -2.16. The van der Waals surface area contributed by atoms with Gasteiger partial charge in [0.25, 0.3) is 5.56 Å². The van der Waals surface area contributed by atoms with Crippen molar-refractivity contribution in [2.45, 2.75) is 0 Å². The number of pyridine rings is 1. The molecule has 9 aromatic carbocycles. The zero-order valence-corrected chi connectivity index (χ0v) is 27.9. The van der Waals surface area contributed by atoms with Crippen molar-refractivity contribution in [1.29, 1.82) is 0 Å². The molecule has 0 spiro atoms. The van der Waals surface area contributed by atoms with Crippen molar-refractivity contribution in [1.82, 2.24) is 4.57 Å². The molecule has 10 aromatic rings. The van der Waals surface area contributed by atoms with Gasteiger partial charge in [0.05, 0.1) is 5.52 Å². The van der Waals surface area contributed by atoms with E-state index < -0.39 is 0 Å². The Kier molecular flexibility index (Phi) is 6.37. The number of allylic oxidation sites excluding steroid dienone is 1. The van der Waals surface area contributed by atoms with E-state index in [1.807, 2.05) is 41.0 Å². The molecule has 238 valence electrons. The molecule has 0 amide bonds. The molecule has 0 saturated heterocycles. The lowest BCUT2D eigenvalue weighted by molar-refractivity contribution is 1.06. The highest BCUT2D eigenvalue weighted by Gasteiger charge is 2.16. The highest BCUT2D eigenvalue weighted by Crippen LogP contribution is 2.38. The molecule has 0 aliphatic carbocycles. The summed E-state index contributed by atoms with van der Waals surface area (Å²) in [5.74, 6) is 0. The Morgan fingerprint density at radius 2 is 0.882 bits per heavy atom. The number of fused-ring (bicyclic) bond motifs is 12. The Balaban J connectivity index is 1.25. The van der Waals surface area contributed by atoms with Gasteiger partial charge in [-0.3, -0.25) is 9.36 Å². The van der Waals surface area contributed by atoms with Crippen LogP contribution in [-0.2, 0) is 0 Å². The summed E-state index contributed by atoms with van der Waals surface area (Å²) in [6, 6.07) is 53.3. The normalized spacial score (nSPS) is 12.3. The van der Waals surface area contributed by atoms with Crippen LogP contribution in [0.3, 0.4) is 0 Å². The third kappa shape index (κ3) is 4.27. The summed E-state index contributed by atoms with van der Waals surface area (Å²) in [4.78, 5) is 14.4. The molecule has 2 heteroatoms. The van der Waals surface area contributed by atoms with Gasteiger partial charge in [0, 0.05) is 16.5 Å². The van der Waals surface area contributed by atoms with E-state index in [9.17, 15) is 4.79 Å². The summed E-state index contributed by atoms with van der Waals surface area (Å²) in [7, 11) is 0. The fourth-order valence-corrected chi connectivity index (χ4v) is 8.33. The summed E-state index contributed by atoms with van der Waals surface area (Å²) in [6.07, 6.45) is 3.83. The number of aromatic nitrogens is 1. The molecule has 0 unspecified atom stereocenters. The van der Waals surface area contributed by atoms with Crippen LogP contribution < -0.4 is 16.0 Å². The van der Waals surface area contributed by atoms with Crippen LogP contribution in [0.1, 0.15) is 0 Å². The second-order valence-electron chi connectivity index (χ2n) is 13.3. The molecular weight excluding hydrogens is 619 g/mol. The van der Waals surface area contributed by atoms with Crippen LogP contribution in [0.2, 0.25) is 0 Å². The standard InChI is InChI=1S/C49H31NO/c1-3-12-34-30(2)35-13-4-5-14-36(35)46-29-33(23-25-42(34)46)50-48-26-22-32(28-47(48)41-19-10-11-20-44(41)49(50)51)31-21-24-43-39-17-7-6-15-37(39)38-16-8-9-18-40(38)45(43)27-31/h3-29H,1-2H2/b34-12+. The Bertz CT molecular complexity index is 3280. The monoisotopic (exact) mass is 649 g/mol. The maximum absolute atomic E-state index is 14.4. The first-order valence-corrected chi connectivity index (χ1v) is 17.3. The molecule has 0 fully saturated rings. The molecule has 1 heterocycles. The van der Waals surface area contributed by atoms with Crippen LogP contribution in [0.15, 0.2) is 169 Å². The van der Waals surface area contributed by atoms with Crippen molar-refractivity contribution in [3.05, 3.63) is 185 Å². The van der Waals surface area contributed by atoms with Crippen LogP contribution in [0.25, 0.3) is 105 Å². The average Bonchev–Trinajstić information content (AvgIpc) is 3.19. The molecule has 0 aliphatic rings. The molecule has 10 rings (SSSR count). The molecule has 0 bridgehead atoms. The quantitative estimate of drug-likeness (QED) is 0.175. The maximum Gasteiger partial charge on any atom is 0.263 e. The van der Waals surface area contributed by atoms with E-state index in [0.717, 1.165) is 65.1 Å². The van der Waals surface area contributed by atoms with Gasteiger partial charge < -0.3 is 0 Å². The number of rotatable bonds is 3. The lowest BCUT2D eigenvalue weighted by atomic mass is 9.91. The molecule has 2 nitrogen and oxygen atoms in total. The van der Waals surface area contributed by atoms with Gasteiger partial charge in [0.1, 0.15) is 0 Å². The van der Waals surface area contributed by atoms with Crippen LogP contribution in [0.5, 0.6) is 0 Å². The topological polar surface area (TPSA) is 22.0 Å². The zero-order chi connectivity index (χ0) is 34.2. The molecule has 0 saturated carbocycles. The van der Waals surface area contributed by atoms with Crippen molar-refractivity contribution in [2.24, 2.45) is 0 Å². The lowest BCUT2D eigenvalue weighted by Crippen LogP contribution is -2.25. The van der Waals surface area contributed by atoms with Crippen molar-refractivity contribution < 1.29 is 0 Å². The number of nitrogens with zero attached hydrogens (tertiary/aromatic N) is 1. The van der Waals surface area contributed by atoms with E-state index in [2.05, 4.69) is 141 Å². The Hall–Kier alpha value is -6.77. The summed E-state index contributed by atoms with van der Waals surface area (Å²) in [5, 5.41) is 16.6. The van der Waals surface area contributed by atoms with E-state index in [1.54, 1.807) is 0 Å². The zero-order valence-electron chi connectivity index (χ0n) is 27.9. The number of benzene rings is 9. The molecule has 0 N–H and O–H groups in total. The molecular formula is C49H31NO. The van der Waals surface area contributed by atoms with Gasteiger partial charge in [-0.25, -0.2) is 0 Å². The largest absolute Gasteiger partial charge is 0.276 e. The first kappa shape index (κ1) is 29.2. The van der Waals surface area contributed by atoms with Crippen molar-refractivity contribution in [2.75, 3.05) is 0 Å². The van der Waals surface area contributed by atoms with Crippen molar-refractivity contribution in [3.8, 4) is 16.8 Å². The third-order valence-electron chi connectivity index (χ3n) is 10.7. The van der Waals surface area contributed by atoms with E-state index in [-0.39, 0.29) is 5.56 Å². The van der Waals surface area contributed by atoms with Gasteiger partial charge in [0.2, 0.25) is 0 Å². The molecule has 1 aromatic heterocycles. The SMILES string of the molecule is C=C/C=c1\c(=C)c2ccccc2c2cc(-n3c(=O)c4ccccc4c4cc(-c5ccc6c7ccccc7c7ccccc7c6c5)ccc43)ccc12. The predicted octanol–water partition coefficient (Wildman–Crippen LogP) is 11.0. The Morgan fingerprint density at radius 3 is 1.51 bits per heavy atom. The fourth-order valence-electron chi connectivity index (χ4n) is 8.33. The van der Waals surface area contributed by atoms with Crippen molar-refractivity contribution >= 4 is 88.2 Å². The Morgan fingerprint density at radius 1 is 0.431 bits per heavy atom. The highest BCUT2D eigenvalue weighted by molar-refractivity contribution is 6.26. The van der Waals surface area contributed by atoms with Gasteiger partial charge in [0.15, 0.2) is 0 Å². The summed E-state index contributed by atoms with van der Waals surface area (Å²) in [5.41, 5.74) is 3.90. The van der Waals surface area contributed by atoms with Gasteiger partial charge in [-0.05, 0) is 117 Å². The molecule has 51 heavy (non-hydrogen) atoms. The number of hydrogen-bond acceptors (Lipinski definition) is 1. The van der Waals surface area contributed by atoms with Crippen LogP contribution >= 0.6 is 0 Å². The van der Waals surface area contributed by atoms with E-state index in [1.165, 1.54) is 32.3 Å². The van der Waals surface area contributed by atoms with Gasteiger partial charge in [-0.1, -0.05) is 141 Å². The summed E-state index contributed by atoms with van der Waals surface area (Å²) < 4.78 is 1.88. The van der Waals surface area contributed by atoms with Gasteiger partial charge in [-0.2, -0.15) is 0 Å². The average molecular weight is 650 g/mol. The second-order valence-corrected chi connectivity index (χ2v) is 13.3. The van der Waals surface area contributed by atoms with E-state index >= 15 is 0 Å². The smallest absolute Gasteiger partial charge is 0.263 e. The minimum atomic E-state index is -0.0368. The first-order chi connectivity index (χ1) is 25.1. The van der Waals surface area contributed by atoms with Crippen LogP contribution in [-0.4, -0.2) is 4.57 Å². The fraction of sp³-hybridized carbons (Fsp3) is 0. The minimum Gasteiger partial charge on any atom is -0.276 e. The van der Waals surface area contributed by atoms with Crippen LogP contribution in [0.4, 0.5) is 0 Å². The molecule has 0 aliphatic heterocycles. The van der Waals surface area contributed by atoms with E-state index in [4.69, 9.17) is 0 Å². The first-order valence-electron chi connectivity index (χ1n) is 17.3. The summed E-state index contributed by atoms with van der Waals surface area (Å²) in [6.45, 7) is 8.40. The van der Waals surface area contributed by atoms with Gasteiger partial charge in [-0.15, -0.1) is 0 Å². The maximum atomic E-state index is 14.4. The van der Waals surface area contributed by atoms with E-state index in [0.29, 0.717) is 5.39 Å².